The third-order valence-electron chi connectivity index (χ3n) is 2.55. The molecule has 6 nitrogen and oxygen atoms in total. The molecule has 0 saturated heterocycles. The van der Waals surface area contributed by atoms with Crippen LogP contribution in [-0.4, -0.2) is 45.2 Å². The maximum atomic E-state index is 12.1. The number of hydrogen-bond acceptors (Lipinski definition) is 5. The highest BCUT2D eigenvalue weighted by Gasteiger charge is 2.23. The summed E-state index contributed by atoms with van der Waals surface area (Å²) in [7, 11) is -1.30. The summed E-state index contributed by atoms with van der Waals surface area (Å²) in [6, 6.07) is 5.53. The van der Waals surface area contributed by atoms with Crippen LogP contribution in [0.4, 0.5) is 0 Å². The number of ether oxygens (including phenoxy) is 1. The van der Waals surface area contributed by atoms with Crippen molar-refractivity contribution in [3.8, 4) is 0 Å². The molecule has 0 saturated carbocycles. The molecular formula is C12H15NO5S. The quantitative estimate of drug-likeness (QED) is 0.587. The van der Waals surface area contributed by atoms with E-state index in [4.69, 9.17) is 0 Å². The molecule has 0 spiro atoms. The number of carbonyl (C=O) groups excluding carboxylic acids is 2. The molecule has 0 atom stereocenters. The molecule has 0 bridgehead atoms. The molecule has 0 radical (unpaired) electrons. The lowest BCUT2D eigenvalue weighted by Gasteiger charge is -2.15. The molecule has 0 heterocycles. The van der Waals surface area contributed by atoms with E-state index in [1.165, 1.54) is 45.3 Å². The molecule has 1 aromatic rings. The lowest BCUT2D eigenvalue weighted by atomic mass is 10.2. The number of hydrogen-bond donors (Lipinski definition) is 0. The number of Topliss-reactive ketones (excluding diaryl/α,β-unsaturated/α-hetero) is 1. The summed E-state index contributed by atoms with van der Waals surface area (Å²) >= 11 is 0. The summed E-state index contributed by atoms with van der Waals surface area (Å²) < 4.78 is 29.5. The van der Waals surface area contributed by atoms with Crippen LogP contribution < -0.4 is 0 Å². The van der Waals surface area contributed by atoms with E-state index in [-0.39, 0.29) is 17.2 Å². The number of nitrogens with zero attached hydrogens (tertiary/aromatic N) is 1. The highest BCUT2D eigenvalue weighted by atomic mass is 32.2. The van der Waals surface area contributed by atoms with Gasteiger partial charge in [0.15, 0.2) is 5.78 Å². The lowest BCUT2D eigenvalue weighted by molar-refractivity contribution is -0.140. The first-order valence-electron chi connectivity index (χ1n) is 5.43. The third kappa shape index (κ3) is 3.62. The number of benzene rings is 1. The number of esters is 1. The van der Waals surface area contributed by atoms with Gasteiger partial charge in [-0.1, -0.05) is 12.1 Å². The first-order chi connectivity index (χ1) is 8.78. The molecule has 1 rings (SSSR count). The van der Waals surface area contributed by atoms with Gasteiger partial charge in [-0.3, -0.25) is 9.59 Å². The zero-order chi connectivity index (χ0) is 14.6. The summed E-state index contributed by atoms with van der Waals surface area (Å²) in [6.45, 7) is 1.03. The maximum Gasteiger partial charge on any atom is 0.321 e. The minimum absolute atomic E-state index is 0.0175. The summed E-state index contributed by atoms with van der Waals surface area (Å²) in [5, 5.41) is 0. The second-order valence-electron chi connectivity index (χ2n) is 3.92. The minimum atomic E-state index is -3.77. The average Bonchev–Trinajstić information content (AvgIpc) is 2.38. The van der Waals surface area contributed by atoms with Gasteiger partial charge in [-0.05, 0) is 19.1 Å². The topological polar surface area (TPSA) is 80.8 Å². The number of sulfonamides is 1. The Balaban J connectivity index is 3.00. The van der Waals surface area contributed by atoms with E-state index < -0.39 is 16.0 Å². The Morgan fingerprint density at radius 3 is 2.16 bits per heavy atom. The van der Waals surface area contributed by atoms with Gasteiger partial charge in [0.25, 0.3) is 0 Å². The molecule has 1 aromatic carbocycles. The number of carbonyl (C=O) groups is 2. The normalized spacial score (nSPS) is 11.4. The predicted molar refractivity (Wildman–Crippen MR) is 68.3 cm³/mol. The van der Waals surface area contributed by atoms with E-state index in [1.54, 1.807) is 0 Å². The van der Waals surface area contributed by atoms with Crippen molar-refractivity contribution in [2.45, 2.75) is 11.8 Å². The van der Waals surface area contributed by atoms with Gasteiger partial charge >= 0.3 is 5.97 Å². The largest absolute Gasteiger partial charge is 0.468 e. The average molecular weight is 285 g/mol. The van der Waals surface area contributed by atoms with Crippen LogP contribution in [0.2, 0.25) is 0 Å². The van der Waals surface area contributed by atoms with E-state index in [2.05, 4.69) is 4.74 Å². The summed E-state index contributed by atoms with van der Waals surface area (Å²) in [5.41, 5.74) is 0.426. The maximum absolute atomic E-state index is 12.1. The van der Waals surface area contributed by atoms with Crippen molar-refractivity contribution >= 4 is 21.8 Å². The number of rotatable bonds is 5. The van der Waals surface area contributed by atoms with Crippen molar-refractivity contribution in [1.82, 2.24) is 4.31 Å². The van der Waals surface area contributed by atoms with Crippen molar-refractivity contribution in [3.05, 3.63) is 29.8 Å². The van der Waals surface area contributed by atoms with Gasteiger partial charge in [0.05, 0.1) is 12.0 Å². The van der Waals surface area contributed by atoms with Crippen LogP contribution in [0, 0.1) is 0 Å². The van der Waals surface area contributed by atoms with Crippen molar-refractivity contribution in [2.24, 2.45) is 0 Å². The van der Waals surface area contributed by atoms with Gasteiger partial charge in [-0.15, -0.1) is 0 Å². The molecule has 0 aliphatic rings. The standard InChI is InChI=1S/C12H15NO5S/c1-9(14)10-4-6-11(7-5-10)19(16,17)13(2)8-12(15)18-3/h4-7H,8H2,1-3H3. The molecule has 0 N–H and O–H groups in total. The van der Waals surface area contributed by atoms with E-state index in [0.717, 1.165) is 4.31 Å². The van der Waals surface area contributed by atoms with Crippen molar-refractivity contribution < 1.29 is 22.7 Å². The minimum Gasteiger partial charge on any atom is -0.468 e. The highest BCUT2D eigenvalue weighted by Crippen LogP contribution is 2.15. The van der Waals surface area contributed by atoms with Crippen LogP contribution in [0.1, 0.15) is 17.3 Å². The summed E-state index contributed by atoms with van der Waals surface area (Å²) in [4.78, 5) is 22.2. The van der Waals surface area contributed by atoms with Crippen molar-refractivity contribution in [3.63, 3.8) is 0 Å². The zero-order valence-corrected chi connectivity index (χ0v) is 11.7. The summed E-state index contributed by atoms with van der Waals surface area (Å²) in [5.74, 6) is -0.793. The van der Waals surface area contributed by atoms with Crippen LogP contribution in [0.3, 0.4) is 0 Å². The molecule has 19 heavy (non-hydrogen) atoms. The first kappa shape index (κ1) is 15.3. The SMILES string of the molecule is COC(=O)CN(C)S(=O)(=O)c1ccc(C(C)=O)cc1. The third-order valence-corrected chi connectivity index (χ3v) is 4.37. The fourth-order valence-electron chi connectivity index (χ4n) is 1.37. The van der Waals surface area contributed by atoms with Crippen LogP contribution >= 0.6 is 0 Å². The van der Waals surface area contributed by atoms with Crippen molar-refractivity contribution in [2.75, 3.05) is 20.7 Å². The molecule has 0 aliphatic heterocycles. The summed E-state index contributed by atoms with van der Waals surface area (Å²) in [6.07, 6.45) is 0. The molecule has 0 fully saturated rings. The van der Waals surface area contributed by atoms with E-state index >= 15 is 0 Å². The molecule has 0 aromatic heterocycles. The second kappa shape index (κ2) is 5.94. The smallest absolute Gasteiger partial charge is 0.321 e. The molecular weight excluding hydrogens is 270 g/mol. The Kier molecular flexibility index (Phi) is 4.79. The van der Waals surface area contributed by atoms with E-state index in [1.807, 2.05) is 0 Å². The fraction of sp³-hybridized carbons (Fsp3) is 0.333. The zero-order valence-electron chi connectivity index (χ0n) is 10.9. The number of likely N-dealkylation sites (N-methyl/N-ethyl adjacent to an activating group) is 1. The predicted octanol–water partition coefficient (Wildman–Crippen LogP) is 0.683. The van der Waals surface area contributed by atoms with E-state index in [0.29, 0.717) is 5.56 Å². The van der Waals surface area contributed by atoms with Crippen LogP contribution in [0.25, 0.3) is 0 Å². The van der Waals surface area contributed by atoms with Crippen LogP contribution in [0.15, 0.2) is 29.2 Å². The van der Waals surface area contributed by atoms with Gasteiger partial charge in [0.1, 0.15) is 6.54 Å². The monoisotopic (exact) mass is 285 g/mol. The Bertz CT molecular complexity index is 577. The lowest BCUT2D eigenvalue weighted by Crippen LogP contribution is -2.32. The van der Waals surface area contributed by atoms with Gasteiger partial charge in [-0.2, -0.15) is 4.31 Å². The van der Waals surface area contributed by atoms with Crippen molar-refractivity contribution in [1.29, 1.82) is 0 Å². The molecule has 0 aliphatic carbocycles. The first-order valence-corrected chi connectivity index (χ1v) is 6.87. The van der Waals surface area contributed by atoms with Gasteiger partial charge in [0, 0.05) is 12.6 Å². The molecule has 104 valence electrons. The van der Waals surface area contributed by atoms with Gasteiger partial charge < -0.3 is 4.74 Å². The fourth-order valence-corrected chi connectivity index (χ4v) is 2.49. The van der Waals surface area contributed by atoms with Crippen LogP contribution in [0.5, 0.6) is 0 Å². The number of ketones is 1. The van der Waals surface area contributed by atoms with E-state index in [9.17, 15) is 18.0 Å². The Morgan fingerprint density at radius 1 is 1.21 bits per heavy atom. The molecule has 0 unspecified atom stereocenters. The molecule has 7 heteroatoms. The van der Waals surface area contributed by atoms with Gasteiger partial charge in [-0.25, -0.2) is 8.42 Å². The van der Waals surface area contributed by atoms with Crippen LogP contribution in [-0.2, 0) is 19.6 Å². The Labute approximate surface area is 112 Å². The Hall–Kier alpha value is -1.73. The molecule has 0 amide bonds. The second-order valence-corrected chi connectivity index (χ2v) is 5.96. The Morgan fingerprint density at radius 2 is 1.74 bits per heavy atom. The van der Waals surface area contributed by atoms with Gasteiger partial charge in [0.2, 0.25) is 10.0 Å². The number of methoxy groups -OCH3 is 1. The highest BCUT2D eigenvalue weighted by molar-refractivity contribution is 7.89.